The van der Waals surface area contributed by atoms with E-state index in [-0.39, 0.29) is 17.7 Å². The predicted molar refractivity (Wildman–Crippen MR) is 75.9 cm³/mol. The molecule has 0 aromatic carbocycles. The standard InChI is InChI=1S/C14H20N2O2S/c1-10-9-12(10)14(18)16-7-5-13(17)15-6-4-11-3-2-8-19-11/h2-3,8,10,12H,4-7,9H2,1H3,(H,15,17)(H,16,18)/t10-,12-/m0/s1. The Labute approximate surface area is 117 Å². The number of nitrogens with one attached hydrogen (secondary N) is 2. The zero-order valence-electron chi connectivity index (χ0n) is 11.1. The van der Waals surface area contributed by atoms with E-state index in [1.807, 2.05) is 11.4 Å². The molecule has 2 rings (SSSR count). The van der Waals surface area contributed by atoms with E-state index in [0.29, 0.717) is 25.4 Å². The molecule has 1 fully saturated rings. The van der Waals surface area contributed by atoms with Gasteiger partial charge in [-0.3, -0.25) is 9.59 Å². The van der Waals surface area contributed by atoms with Gasteiger partial charge in [0.15, 0.2) is 0 Å². The summed E-state index contributed by atoms with van der Waals surface area (Å²) in [5.74, 6) is 0.793. The molecule has 1 aliphatic carbocycles. The van der Waals surface area contributed by atoms with Crippen LogP contribution in [0.2, 0.25) is 0 Å². The Morgan fingerprint density at radius 2 is 2.16 bits per heavy atom. The quantitative estimate of drug-likeness (QED) is 0.796. The lowest BCUT2D eigenvalue weighted by molar-refractivity contribution is -0.123. The fourth-order valence-electron chi connectivity index (χ4n) is 1.99. The van der Waals surface area contributed by atoms with Gasteiger partial charge in [-0.25, -0.2) is 0 Å². The van der Waals surface area contributed by atoms with Gasteiger partial charge in [-0.2, -0.15) is 0 Å². The highest BCUT2D eigenvalue weighted by Gasteiger charge is 2.38. The summed E-state index contributed by atoms with van der Waals surface area (Å²) in [6.07, 6.45) is 2.21. The third kappa shape index (κ3) is 4.67. The van der Waals surface area contributed by atoms with Crippen LogP contribution in [-0.4, -0.2) is 24.9 Å². The maximum Gasteiger partial charge on any atom is 0.223 e. The van der Waals surface area contributed by atoms with Gasteiger partial charge >= 0.3 is 0 Å². The number of carbonyl (C=O) groups excluding carboxylic acids is 2. The Morgan fingerprint density at radius 1 is 1.37 bits per heavy atom. The van der Waals surface area contributed by atoms with Crippen LogP contribution in [0.4, 0.5) is 0 Å². The zero-order valence-corrected chi connectivity index (χ0v) is 12.0. The summed E-state index contributed by atoms with van der Waals surface area (Å²) >= 11 is 1.70. The molecule has 1 aromatic heterocycles. The van der Waals surface area contributed by atoms with Crippen molar-refractivity contribution in [1.82, 2.24) is 10.6 Å². The van der Waals surface area contributed by atoms with Crippen molar-refractivity contribution < 1.29 is 9.59 Å². The summed E-state index contributed by atoms with van der Waals surface area (Å²) < 4.78 is 0. The molecular formula is C14H20N2O2S. The lowest BCUT2D eigenvalue weighted by Crippen LogP contribution is -2.32. The Balaban J connectivity index is 1.51. The topological polar surface area (TPSA) is 58.2 Å². The first-order valence-electron chi connectivity index (χ1n) is 6.73. The van der Waals surface area contributed by atoms with E-state index in [1.165, 1.54) is 4.88 Å². The second-order valence-corrected chi connectivity index (χ2v) is 6.07. The van der Waals surface area contributed by atoms with Gasteiger partial charge in [0.1, 0.15) is 0 Å². The van der Waals surface area contributed by atoms with Gasteiger partial charge in [-0.1, -0.05) is 13.0 Å². The van der Waals surface area contributed by atoms with Gasteiger partial charge in [-0.15, -0.1) is 11.3 Å². The molecule has 2 atom stereocenters. The van der Waals surface area contributed by atoms with Crippen LogP contribution in [0.15, 0.2) is 17.5 Å². The van der Waals surface area contributed by atoms with Crippen LogP contribution in [0.3, 0.4) is 0 Å². The third-order valence-corrected chi connectivity index (χ3v) is 4.31. The van der Waals surface area contributed by atoms with Crippen LogP contribution in [0.25, 0.3) is 0 Å². The zero-order chi connectivity index (χ0) is 13.7. The van der Waals surface area contributed by atoms with Gasteiger partial charge < -0.3 is 10.6 Å². The molecule has 1 heterocycles. The van der Waals surface area contributed by atoms with Gasteiger partial charge in [0.2, 0.25) is 11.8 Å². The van der Waals surface area contributed by atoms with Gasteiger partial charge in [-0.05, 0) is 30.2 Å². The lowest BCUT2D eigenvalue weighted by Gasteiger charge is -2.06. The number of amides is 2. The van der Waals surface area contributed by atoms with Crippen LogP contribution in [0.5, 0.6) is 0 Å². The van der Waals surface area contributed by atoms with Crippen LogP contribution in [0, 0.1) is 11.8 Å². The van der Waals surface area contributed by atoms with Crippen molar-refractivity contribution in [2.75, 3.05) is 13.1 Å². The van der Waals surface area contributed by atoms with E-state index in [4.69, 9.17) is 0 Å². The summed E-state index contributed by atoms with van der Waals surface area (Å²) in [6.45, 7) is 3.17. The first kappa shape index (κ1) is 14.1. The molecule has 1 aliphatic rings. The predicted octanol–water partition coefficient (Wildman–Crippen LogP) is 1.57. The van der Waals surface area contributed by atoms with Crippen LogP contribution in [-0.2, 0) is 16.0 Å². The summed E-state index contributed by atoms with van der Waals surface area (Å²) in [5, 5.41) is 7.71. The summed E-state index contributed by atoms with van der Waals surface area (Å²) in [5.41, 5.74) is 0. The number of rotatable bonds is 7. The number of thiophene rings is 1. The average Bonchev–Trinajstić information content (AvgIpc) is 2.89. The highest BCUT2D eigenvalue weighted by atomic mass is 32.1. The van der Waals surface area contributed by atoms with Crippen LogP contribution >= 0.6 is 11.3 Å². The van der Waals surface area contributed by atoms with Crippen molar-refractivity contribution >= 4 is 23.2 Å². The molecular weight excluding hydrogens is 260 g/mol. The number of hydrogen-bond donors (Lipinski definition) is 2. The van der Waals surface area contributed by atoms with Gasteiger partial charge in [0.25, 0.3) is 0 Å². The fraction of sp³-hybridized carbons (Fsp3) is 0.571. The third-order valence-electron chi connectivity index (χ3n) is 3.37. The molecule has 19 heavy (non-hydrogen) atoms. The van der Waals surface area contributed by atoms with Crippen molar-refractivity contribution in [3.63, 3.8) is 0 Å². The molecule has 4 nitrogen and oxygen atoms in total. The molecule has 0 saturated heterocycles. The SMILES string of the molecule is C[C@H]1C[C@@H]1C(=O)NCCC(=O)NCCc1cccs1. The smallest absolute Gasteiger partial charge is 0.223 e. The first-order chi connectivity index (χ1) is 9.16. The van der Waals surface area contributed by atoms with Crippen molar-refractivity contribution in [3.8, 4) is 0 Å². The maximum absolute atomic E-state index is 11.5. The minimum Gasteiger partial charge on any atom is -0.356 e. The average molecular weight is 280 g/mol. The molecule has 2 N–H and O–H groups in total. The van der Waals surface area contributed by atoms with E-state index < -0.39 is 0 Å². The van der Waals surface area contributed by atoms with Crippen molar-refractivity contribution in [2.45, 2.75) is 26.2 Å². The normalized spacial score (nSPS) is 20.9. The molecule has 5 heteroatoms. The monoisotopic (exact) mass is 280 g/mol. The minimum atomic E-state index is 0.000650. The Morgan fingerprint density at radius 3 is 2.79 bits per heavy atom. The largest absolute Gasteiger partial charge is 0.356 e. The molecule has 0 bridgehead atoms. The van der Waals surface area contributed by atoms with E-state index in [2.05, 4.69) is 23.6 Å². The van der Waals surface area contributed by atoms with E-state index >= 15 is 0 Å². The molecule has 104 valence electrons. The summed E-state index contributed by atoms with van der Waals surface area (Å²) in [6, 6.07) is 4.07. The Kier molecular flexibility index (Phi) is 4.96. The summed E-state index contributed by atoms with van der Waals surface area (Å²) in [4.78, 5) is 24.3. The lowest BCUT2D eigenvalue weighted by atomic mass is 10.3. The van der Waals surface area contributed by atoms with Gasteiger partial charge in [0, 0.05) is 30.3 Å². The molecule has 1 aromatic rings. The Hall–Kier alpha value is -1.36. The van der Waals surface area contributed by atoms with Crippen molar-refractivity contribution in [1.29, 1.82) is 0 Å². The molecule has 0 spiro atoms. The first-order valence-corrected chi connectivity index (χ1v) is 7.61. The van der Waals surface area contributed by atoms with Gasteiger partial charge in [0.05, 0.1) is 0 Å². The molecule has 2 amide bonds. The molecule has 0 radical (unpaired) electrons. The molecule has 0 unspecified atom stereocenters. The molecule has 1 saturated carbocycles. The second-order valence-electron chi connectivity index (χ2n) is 5.04. The molecule has 0 aliphatic heterocycles. The van der Waals surface area contributed by atoms with E-state index in [1.54, 1.807) is 11.3 Å². The van der Waals surface area contributed by atoms with Crippen molar-refractivity contribution in [2.24, 2.45) is 11.8 Å². The number of carbonyl (C=O) groups is 2. The van der Waals surface area contributed by atoms with Crippen LogP contribution in [0.1, 0.15) is 24.6 Å². The van der Waals surface area contributed by atoms with E-state index in [9.17, 15) is 9.59 Å². The van der Waals surface area contributed by atoms with Crippen molar-refractivity contribution in [3.05, 3.63) is 22.4 Å². The highest BCUT2D eigenvalue weighted by molar-refractivity contribution is 7.09. The Bertz CT molecular complexity index is 431. The van der Waals surface area contributed by atoms with E-state index in [0.717, 1.165) is 12.8 Å². The maximum atomic E-state index is 11.5. The highest BCUT2D eigenvalue weighted by Crippen LogP contribution is 2.37. The van der Waals surface area contributed by atoms with Crippen LogP contribution < -0.4 is 10.6 Å². The summed E-state index contributed by atoms with van der Waals surface area (Å²) in [7, 11) is 0. The number of hydrogen-bond acceptors (Lipinski definition) is 3. The fourth-order valence-corrected chi connectivity index (χ4v) is 2.70. The second kappa shape index (κ2) is 6.70. The minimum absolute atomic E-state index is 0.000650.